The van der Waals surface area contributed by atoms with Crippen molar-refractivity contribution in [2.75, 3.05) is 26.2 Å². The molecule has 2 aromatic rings. The van der Waals surface area contributed by atoms with Gasteiger partial charge in [-0.25, -0.2) is 0 Å². The number of H-pyrrole nitrogens is 1. The van der Waals surface area contributed by atoms with E-state index in [-0.39, 0.29) is 23.0 Å². The maximum atomic E-state index is 13.0. The van der Waals surface area contributed by atoms with Gasteiger partial charge in [0, 0.05) is 30.7 Å². The van der Waals surface area contributed by atoms with Crippen LogP contribution >= 0.6 is 11.6 Å². The van der Waals surface area contributed by atoms with Gasteiger partial charge in [0.1, 0.15) is 11.4 Å². The average Bonchev–Trinajstić information content (AvgIpc) is 3.05. The van der Waals surface area contributed by atoms with E-state index < -0.39 is 17.8 Å². The van der Waals surface area contributed by atoms with Gasteiger partial charge in [0.15, 0.2) is 5.69 Å². The molecule has 1 aliphatic rings. The highest BCUT2D eigenvalue weighted by atomic mass is 35.5. The van der Waals surface area contributed by atoms with Gasteiger partial charge in [0.2, 0.25) is 0 Å². The van der Waals surface area contributed by atoms with Crippen molar-refractivity contribution in [3.05, 3.63) is 46.2 Å². The van der Waals surface area contributed by atoms with E-state index in [9.17, 15) is 23.1 Å². The number of amides is 1. The molecule has 1 aromatic heterocycles. The van der Waals surface area contributed by atoms with Crippen LogP contribution in [0.5, 0.6) is 5.75 Å². The van der Waals surface area contributed by atoms with Crippen LogP contribution in [-0.4, -0.2) is 57.2 Å². The molecule has 0 spiro atoms. The van der Waals surface area contributed by atoms with Crippen LogP contribution < -0.4 is 0 Å². The number of likely N-dealkylation sites (tertiary alicyclic amines) is 1. The standard InChI is InChI=1S/C20H24ClF3N4O2/c21-16-11-15(29)6-5-14(16)13-28(10-9-27-7-3-1-2-4-8-27)19(30)17-12-18(26-25-17)20(22,23)24/h5-6,11-12,29H,1-4,7-10,13H2,(H,25,26). The molecule has 10 heteroatoms. The number of aromatic amines is 1. The van der Waals surface area contributed by atoms with Crippen molar-refractivity contribution in [3.63, 3.8) is 0 Å². The molecule has 1 saturated heterocycles. The number of nitrogens with zero attached hydrogens (tertiary/aromatic N) is 3. The normalized spacial score (nSPS) is 15.7. The van der Waals surface area contributed by atoms with Crippen LogP contribution in [0.2, 0.25) is 5.02 Å². The fourth-order valence-corrected chi connectivity index (χ4v) is 3.73. The summed E-state index contributed by atoms with van der Waals surface area (Å²) in [6.45, 7) is 2.92. The van der Waals surface area contributed by atoms with Gasteiger partial charge in [-0.15, -0.1) is 0 Å². The van der Waals surface area contributed by atoms with Crippen molar-refractivity contribution >= 4 is 17.5 Å². The van der Waals surface area contributed by atoms with Crippen molar-refractivity contribution in [3.8, 4) is 5.75 Å². The summed E-state index contributed by atoms with van der Waals surface area (Å²) in [5.41, 5.74) is -0.775. The van der Waals surface area contributed by atoms with E-state index in [0.717, 1.165) is 32.0 Å². The lowest BCUT2D eigenvalue weighted by molar-refractivity contribution is -0.141. The molecule has 164 valence electrons. The van der Waals surface area contributed by atoms with Crippen molar-refractivity contribution < 1.29 is 23.1 Å². The van der Waals surface area contributed by atoms with Crippen LogP contribution in [0.4, 0.5) is 13.2 Å². The summed E-state index contributed by atoms with van der Waals surface area (Å²) in [6.07, 6.45) is -0.0973. The SMILES string of the molecule is O=C(c1cc(C(F)(F)F)n[nH]1)N(CCN1CCCCCC1)Cc1ccc(O)cc1Cl. The maximum Gasteiger partial charge on any atom is 0.435 e. The van der Waals surface area contributed by atoms with Gasteiger partial charge in [-0.2, -0.15) is 18.3 Å². The minimum absolute atomic E-state index is 0.00502. The lowest BCUT2D eigenvalue weighted by atomic mass is 10.2. The lowest BCUT2D eigenvalue weighted by Gasteiger charge is -2.27. The third-order valence-electron chi connectivity index (χ3n) is 5.17. The average molecular weight is 445 g/mol. The molecule has 0 atom stereocenters. The highest BCUT2D eigenvalue weighted by Gasteiger charge is 2.35. The van der Waals surface area contributed by atoms with E-state index in [0.29, 0.717) is 18.7 Å². The summed E-state index contributed by atoms with van der Waals surface area (Å²) in [7, 11) is 0. The van der Waals surface area contributed by atoms with Gasteiger partial charge in [-0.3, -0.25) is 9.89 Å². The number of carbonyl (C=O) groups is 1. The van der Waals surface area contributed by atoms with Crippen molar-refractivity contribution in [1.82, 2.24) is 20.0 Å². The van der Waals surface area contributed by atoms with Gasteiger partial charge in [-0.1, -0.05) is 30.5 Å². The van der Waals surface area contributed by atoms with Gasteiger partial charge in [0.25, 0.3) is 5.91 Å². The van der Waals surface area contributed by atoms with Crippen LogP contribution in [-0.2, 0) is 12.7 Å². The lowest BCUT2D eigenvalue weighted by Crippen LogP contribution is -2.39. The molecule has 1 aliphatic heterocycles. The van der Waals surface area contributed by atoms with Gasteiger partial charge >= 0.3 is 6.18 Å². The highest BCUT2D eigenvalue weighted by Crippen LogP contribution is 2.28. The van der Waals surface area contributed by atoms with E-state index in [4.69, 9.17) is 11.6 Å². The third kappa shape index (κ3) is 5.89. The molecule has 1 amide bonds. The van der Waals surface area contributed by atoms with Crippen LogP contribution in [0.25, 0.3) is 0 Å². The number of nitrogens with one attached hydrogen (secondary N) is 1. The Bertz CT molecular complexity index is 864. The quantitative estimate of drug-likeness (QED) is 0.696. The van der Waals surface area contributed by atoms with Crippen LogP contribution in [0.15, 0.2) is 24.3 Å². The number of hydrogen-bond donors (Lipinski definition) is 2. The Morgan fingerprint density at radius 3 is 2.50 bits per heavy atom. The first-order valence-electron chi connectivity index (χ1n) is 9.85. The molecule has 0 aliphatic carbocycles. The molecule has 0 bridgehead atoms. The number of aromatic hydroxyl groups is 1. The summed E-state index contributed by atoms with van der Waals surface area (Å²) in [5.74, 6) is -0.591. The fraction of sp³-hybridized carbons (Fsp3) is 0.500. The highest BCUT2D eigenvalue weighted by molar-refractivity contribution is 6.31. The summed E-state index contributed by atoms with van der Waals surface area (Å²) < 4.78 is 38.6. The number of phenolic OH excluding ortho intramolecular Hbond substituents is 1. The smallest absolute Gasteiger partial charge is 0.435 e. The second-order valence-corrected chi connectivity index (χ2v) is 7.83. The molecule has 1 aromatic carbocycles. The zero-order valence-corrected chi connectivity index (χ0v) is 17.1. The Hall–Kier alpha value is -2.26. The molecule has 0 radical (unpaired) electrons. The van der Waals surface area contributed by atoms with E-state index in [1.807, 2.05) is 0 Å². The Morgan fingerprint density at radius 1 is 1.20 bits per heavy atom. The van der Waals surface area contributed by atoms with E-state index in [2.05, 4.69) is 15.1 Å². The Morgan fingerprint density at radius 2 is 1.90 bits per heavy atom. The van der Waals surface area contributed by atoms with Crippen LogP contribution in [0, 0.1) is 0 Å². The number of aromatic nitrogens is 2. The molecular weight excluding hydrogens is 421 g/mol. The zero-order chi connectivity index (χ0) is 21.7. The molecule has 30 heavy (non-hydrogen) atoms. The Balaban J connectivity index is 1.78. The van der Waals surface area contributed by atoms with E-state index in [1.54, 1.807) is 6.07 Å². The topological polar surface area (TPSA) is 72.5 Å². The van der Waals surface area contributed by atoms with Crippen molar-refractivity contribution in [2.45, 2.75) is 38.4 Å². The summed E-state index contributed by atoms with van der Waals surface area (Å²) in [4.78, 5) is 16.7. The maximum absolute atomic E-state index is 13.0. The molecule has 0 saturated carbocycles. The predicted octanol–water partition coefficient (Wildman–Crippen LogP) is 4.31. The first kappa shape index (κ1) is 22.4. The van der Waals surface area contributed by atoms with Gasteiger partial charge in [-0.05, 0) is 43.6 Å². The summed E-state index contributed by atoms with van der Waals surface area (Å²) >= 11 is 6.18. The Labute approximate surface area is 177 Å². The summed E-state index contributed by atoms with van der Waals surface area (Å²) in [5, 5.41) is 15.3. The second-order valence-electron chi connectivity index (χ2n) is 7.42. The number of halogens is 4. The number of alkyl halides is 3. The molecule has 3 rings (SSSR count). The molecular formula is C20H24ClF3N4O2. The van der Waals surface area contributed by atoms with Crippen molar-refractivity contribution in [2.24, 2.45) is 0 Å². The Kier molecular flexibility index (Phi) is 7.25. The molecule has 2 heterocycles. The zero-order valence-electron chi connectivity index (χ0n) is 16.4. The number of hydrogen-bond acceptors (Lipinski definition) is 4. The first-order chi connectivity index (χ1) is 14.2. The monoisotopic (exact) mass is 444 g/mol. The van der Waals surface area contributed by atoms with Crippen LogP contribution in [0.3, 0.4) is 0 Å². The van der Waals surface area contributed by atoms with Gasteiger partial charge < -0.3 is 14.9 Å². The fourth-order valence-electron chi connectivity index (χ4n) is 3.49. The number of carbonyl (C=O) groups excluding carboxylic acids is 1. The van der Waals surface area contributed by atoms with Crippen LogP contribution in [0.1, 0.15) is 47.4 Å². The number of phenols is 1. The third-order valence-corrected chi connectivity index (χ3v) is 5.52. The molecule has 2 N–H and O–H groups in total. The molecule has 6 nitrogen and oxygen atoms in total. The predicted molar refractivity (Wildman–Crippen MR) is 106 cm³/mol. The van der Waals surface area contributed by atoms with E-state index in [1.165, 1.54) is 29.9 Å². The number of rotatable bonds is 6. The second kappa shape index (κ2) is 9.70. The van der Waals surface area contributed by atoms with Crippen molar-refractivity contribution in [1.29, 1.82) is 0 Å². The minimum atomic E-state index is -4.63. The molecule has 0 unspecified atom stereocenters. The molecule has 1 fully saturated rings. The largest absolute Gasteiger partial charge is 0.508 e. The van der Waals surface area contributed by atoms with E-state index >= 15 is 0 Å². The summed E-state index contributed by atoms with van der Waals surface area (Å²) in [6, 6.07) is 5.14. The minimum Gasteiger partial charge on any atom is -0.508 e. The van der Waals surface area contributed by atoms with Gasteiger partial charge in [0.05, 0.1) is 0 Å². The first-order valence-corrected chi connectivity index (χ1v) is 10.2. The number of benzene rings is 1.